The van der Waals surface area contributed by atoms with Gasteiger partial charge in [-0.2, -0.15) is 52.4 Å². The first-order chi connectivity index (χ1) is 31.1. The molecule has 0 aromatic carbocycles. The monoisotopic (exact) mass is 1010 g/mol. The summed E-state index contributed by atoms with van der Waals surface area (Å²) in [6, 6.07) is 2.59. The molecule has 0 spiro atoms. The molecule has 8 rings (SSSR count). The molecule has 6 aliphatic heterocycles. The zero-order valence-corrected chi connectivity index (χ0v) is 45.2. The summed E-state index contributed by atoms with van der Waals surface area (Å²) in [5.41, 5.74) is 0. The number of rotatable bonds is 0. The molecular formula is C52H100N12Ni2-8. The molecule has 8 bridgehead atoms. The van der Waals surface area contributed by atoms with Crippen molar-refractivity contribution in [3.8, 4) is 0 Å². The maximum Gasteiger partial charge on any atom is 0.00367 e. The summed E-state index contributed by atoms with van der Waals surface area (Å²) < 4.78 is 0. The first-order valence-corrected chi connectivity index (χ1v) is 27.2. The summed E-state index contributed by atoms with van der Waals surface area (Å²) >= 11 is 0. The minimum absolute atomic E-state index is 0. The van der Waals surface area contributed by atoms with E-state index in [9.17, 15) is 0 Å². The van der Waals surface area contributed by atoms with Crippen molar-refractivity contribution in [1.82, 2.24) is 21.3 Å². The Labute approximate surface area is 427 Å². The fourth-order valence-corrected chi connectivity index (χ4v) is 11.9. The van der Waals surface area contributed by atoms with E-state index in [-0.39, 0.29) is 57.2 Å². The number of hydrogen-bond acceptors (Lipinski definition) is 4. The fraction of sp³-hybridized carbons (Fsp3) is 1.00. The Balaban J connectivity index is 0.00000578. The maximum absolute atomic E-state index is 5.26. The van der Waals surface area contributed by atoms with Crippen molar-refractivity contribution in [2.45, 2.75) is 181 Å². The van der Waals surface area contributed by atoms with Gasteiger partial charge < -0.3 is 63.8 Å². The van der Waals surface area contributed by atoms with E-state index >= 15 is 0 Å². The summed E-state index contributed by atoms with van der Waals surface area (Å²) in [6.45, 7) is 33.8. The molecule has 14 heteroatoms. The molecule has 0 aromatic heterocycles. The van der Waals surface area contributed by atoms with E-state index in [1.165, 1.54) is 51.4 Å². The van der Waals surface area contributed by atoms with Gasteiger partial charge in [0.05, 0.1) is 0 Å². The van der Waals surface area contributed by atoms with Crippen LogP contribution in [-0.2, 0) is 33.0 Å². The Morgan fingerprint density at radius 2 is 0.530 bits per heavy atom. The largest absolute Gasteiger partial charge is 0.662 e. The third-order valence-corrected chi connectivity index (χ3v) is 16.7. The molecule has 4 N–H and O–H groups in total. The molecule has 0 aromatic rings. The van der Waals surface area contributed by atoms with Crippen molar-refractivity contribution in [1.29, 1.82) is 0 Å². The van der Waals surface area contributed by atoms with Gasteiger partial charge in [-0.1, -0.05) is 89.9 Å². The minimum atomic E-state index is 0. The zero-order valence-electron chi connectivity index (χ0n) is 43.2. The van der Waals surface area contributed by atoms with E-state index in [0.29, 0.717) is 47.8 Å². The van der Waals surface area contributed by atoms with Gasteiger partial charge in [-0.25, -0.2) is 0 Å². The second-order valence-corrected chi connectivity index (χ2v) is 21.8. The van der Waals surface area contributed by atoms with E-state index in [0.717, 1.165) is 154 Å². The predicted molar refractivity (Wildman–Crippen MR) is 276 cm³/mol. The molecular weight excluding hydrogens is 910 g/mol. The van der Waals surface area contributed by atoms with E-state index in [2.05, 4.69) is 76.7 Å². The third-order valence-electron chi connectivity index (χ3n) is 16.7. The second kappa shape index (κ2) is 34.8. The topological polar surface area (TPSA) is 161 Å². The van der Waals surface area contributed by atoms with Crippen LogP contribution in [0.15, 0.2) is 0 Å². The molecule has 6 saturated heterocycles. The first kappa shape index (κ1) is 60.8. The summed E-state index contributed by atoms with van der Waals surface area (Å²) in [6.07, 6.45) is 14.6. The van der Waals surface area contributed by atoms with Crippen molar-refractivity contribution < 1.29 is 33.0 Å². The predicted octanol–water partition coefficient (Wildman–Crippen LogP) is 10.1. The molecule has 66 heavy (non-hydrogen) atoms. The van der Waals surface area contributed by atoms with Gasteiger partial charge in [0.25, 0.3) is 0 Å². The van der Waals surface area contributed by atoms with E-state index < -0.39 is 0 Å². The normalized spacial score (nSPS) is 41.1. The van der Waals surface area contributed by atoms with Gasteiger partial charge in [-0.3, -0.25) is 0 Å². The van der Waals surface area contributed by atoms with Crippen molar-refractivity contribution in [3.63, 3.8) is 0 Å². The van der Waals surface area contributed by atoms with Crippen LogP contribution >= 0.6 is 0 Å². The summed E-state index contributed by atoms with van der Waals surface area (Å²) in [5.74, 6) is 4.49. The van der Waals surface area contributed by atoms with Gasteiger partial charge >= 0.3 is 0 Å². The van der Waals surface area contributed by atoms with Gasteiger partial charge in [0.15, 0.2) is 0 Å². The van der Waals surface area contributed by atoms with Crippen molar-refractivity contribution in [2.24, 2.45) is 47.3 Å². The van der Waals surface area contributed by atoms with Gasteiger partial charge in [0.2, 0.25) is 0 Å². The van der Waals surface area contributed by atoms with Crippen LogP contribution in [-0.4, -0.2) is 153 Å². The van der Waals surface area contributed by atoms with E-state index in [1.54, 1.807) is 0 Å². The van der Waals surface area contributed by atoms with Crippen LogP contribution in [0.25, 0.3) is 42.5 Å². The van der Waals surface area contributed by atoms with Crippen LogP contribution in [0.1, 0.15) is 132 Å². The molecule has 2 saturated carbocycles. The van der Waals surface area contributed by atoms with Gasteiger partial charge in [0, 0.05) is 57.2 Å². The van der Waals surface area contributed by atoms with E-state index in [1.807, 2.05) is 0 Å². The van der Waals surface area contributed by atoms with Crippen molar-refractivity contribution in [3.05, 3.63) is 42.5 Å². The van der Waals surface area contributed by atoms with Crippen LogP contribution in [0.4, 0.5) is 0 Å². The van der Waals surface area contributed by atoms with Crippen LogP contribution in [0.2, 0.25) is 0 Å². The number of nitrogens with one attached hydrogen (secondary N) is 4. The summed E-state index contributed by atoms with van der Waals surface area (Å²) in [4.78, 5) is 0. The van der Waals surface area contributed by atoms with Gasteiger partial charge in [0.1, 0.15) is 0 Å². The Kier molecular flexibility index (Phi) is 32.1. The summed E-state index contributed by atoms with van der Waals surface area (Å²) in [7, 11) is 0. The van der Waals surface area contributed by atoms with Crippen LogP contribution < -0.4 is 21.3 Å². The third kappa shape index (κ3) is 22.1. The van der Waals surface area contributed by atoms with Crippen LogP contribution in [0.3, 0.4) is 0 Å². The quantitative estimate of drug-likeness (QED) is 0.178. The smallest absolute Gasteiger partial charge is 0.00367 e. The molecule has 12 nitrogen and oxygen atoms in total. The maximum atomic E-state index is 5.26. The fourth-order valence-electron chi connectivity index (χ4n) is 11.9. The molecule has 396 valence electrons. The summed E-state index contributed by atoms with van der Waals surface area (Å²) in [5, 5.41) is 57.8. The second-order valence-electron chi connectivity index (χ2n) is 21.8. The van der Waals surface area contributed by atoms with Crippen LogP contribution in [0, 0.1) is 47.3 Å². The Morgan fingerprint density at radius 3 is 0.773 bits per heavy atom. The molecule has 2 aliphatic carbocycles. The van der Waals surface area contributed by atoms with Gasteiger partial charge in [-0.15, -0.1) is 50.3 Å². The molecule has 16 unspecified atom stereocenters. The first-order valence-electron chi connectivity index (χ1n) is 27.2. The molecule has 0 radical (unpaired) electrons. The molecule has 16 atom stereocenters. The minimum Gasteiger partial charge on any atom is -0.662 e. The van der Waals surface area contributed by atoms with Gasteiger partial charge in [-0.05, 0) is 116 Å². The van der Waals surface area contributed by atoms with E-state index in [4.69, 9.17) is 42.5 Å². The zero-order chi connectivity index (χ0) is 45.5. The average molecular weight is 1010 g/mol. The molecule has 8 aliphatic rings. The van der Waals surface area contributed by atoms with Crippen molar-refractivity contribution in [2.75, 3.05) is 105 Å². The Hall–Kier alpha value is 0.507. The standard InChI is InChI=1S/C52H100N12.2Ni/c1-37-49-33-53-19-11-20-54-34-50(38(2)58-24-13-23-57-37)42(6)63-31-47-17-10-18-48(28-47)32-64-44(8)52-36-56-22-12-21-55-35-51(39(3)59-25-14-26-60-40(52)4)43(7)62-30-46-16-9-15-45(27-46)29-61-41(49)5;;/h37-52,61-64H,9-36H2,1-8H3;;/q-8;;. The Bertz CT molecular complexity index is 1030. The molecule has 8 fully saturated rings. The molecule has 6 heterocycles. The average Bonchev–Trinajstić information content (AvgIpc) is 3.29. The number of hydrogen-bond donors (Lipinski definition) is 4. The SMILES string of the molecule is CC1[N-]CCC[N-]C(C)C2C[N-]CCC[N-]CC1C(C)NCC1CCCC(CNC(C)C3C[N-]CCC[N-]CC(C(C)[N-]CCC[N-]C3C)C(C)NCC3CCCC(CNC2C)C3)C1.[Ni].[Ni]. The number of nitrogens with zero attached hydrogens (tertiary/aromatic N) is 8. The molecule has 0 amide bonds. The Morgan fingerprint density at radius 1 is 0.303 bits per heavy atom. The van der Waals surface area contributed by atoms with Crippen molar-refractivity contribution >= 4 is 0 Å². The van der Waals surface area contributed by atoms with Crippen LogP contribution in [0.5, 0.6) is 0 Å².